The lowest BCUT2D eigenvalue weighted by molar-refractivity contribution is -0.137. The van der Waals surface area contributed by atoms with Crippen molar-refractivity contribution in [3.05, 3.63) is 41.6 Å². The molecule has 0 bridgehead atoms. The van der Waals surface area contributed by atoms with Gasteiger partial charge in [-0.15, -0.1) is 0 Å². The Morgan fingerprint density at radius 2 is 1.95 bits per heavy atom. The summed E-state index contributed by atoms with van der Waals surface area (Å²) < 4.78 is 40.9. The van der Waals surface area contributed by atoms with Crippen molar-refractivity contribution in [3.8, 4) is 11.3 Å². The molecule has 0 fully saturated rings. The van der Waals surface area contributed by atoms with E-state index in [1.165, 1.54) is 12.1 Å². The van der Waals surface area contributed by atoms with Gasteiger partial charge in [-0.05, 0) is 19.0 Å². The van der Waals surface area contributed by atoms with Crippen molar-refractivity contribution in [1.82, 2.24) is 15.1 Å². The summed E-state index contributed by atoms with van der Waals surface area (Å²) in [7, 11) is 1.71. The minimum Gasteiger partial charge on any atom is -0.313 e. The van der Waals surface area contributed by atoms with Gasteiger partial charge in [0.2, 0.25) is 0 Å². The molecule has 1 N–H and O–H groups in total. The van der Waals surface area contributed by atoms with Gasteiger partial charge in [0.1, 0.15) is 0 Å². The highest BCUT2D eigenvalue weighted by molar-refractivity contribution is 5.67. The zero-order valence-electron chi connectivity index (χ0n) is 12.0. The molecule has 114 valence electrons. The fourth-order valence-corrected chi connectivity index (χ4v) is 2.23. The summed E-state index contributed by atoms with van der Waals surface area (Å²) in [6.45, 7) is 3.36. The van der Waals surface area contributed by atoms with Crippen LogP contribution in [0, 0.1) is 0 Å². The van der Waals surface area contributed by atoms with Crippen molar-refractivity contribution in [2.75, 3.05) is 6.54 Å². The molecule has 0 spiro atoms. The van der Waals surface area contributed by atoms with Crippen molar-refractivity contribution >= 4 is 0 Å². The summed E-state index contributed by atoms with van der Waals surface area (Å²) >= 11 is 0. The van der Waals surface area contributed by atoms with E-state index in [1.807, 2.05) is 6.92 Å². The lowest BCUT2D eigenvalue weighted by Gasteiger charge is -2.12. The van der Waals surface area contributed by atoms with Gasteiger partial charge in [-0.2, -0.15) is 18.3 Å². The second-order valence-corrected chi connectivity index (χ2v) is 4.90. The highest BCUT2D eigenvalue weighted by Crippen LogP contribution is 2.37. The highest BCUT2D eigenvalue weighted by atomic mass is 19.4. The van der Waals surface area contributed by atoms with E-state index in [4.69, 9.17) is 0 Å². The summed E-state index contributed by atoms with van der Waals surface area (Å²) in [6.07, 6.45) is -1.66. The second-order valence-electron chi connectivity index (χ2n) is 4.90. The van der Waals surface area contributed by atoms with Crippen LogP contribution < -0.4 is 5.32 Å². The monoisotopic (exact) mass is 297 g/mol. The molecule has 1 heterocycles. The van der Waals surface area contributed by atoms with Gasteiger partial charge < -0.3 is 5.32 Å². The summed E-state index contributed by atoms with van der Waals surface area (Å²) in [4.78, 5) is 0. The molecule has 6 heteroatoms. The summed E-state index contributed by atoms with van der Waals surface area (Å²) in [6, 6.07) is 5.55. The Morgan fingerprint density at radius 1 is 1.24 bits per heavy atom. The molecule has 1 aromatic heterocycles. The molecule has 0 aliphatic heterocycles. The van der Waals surface area contributed by atoms with E-state index in [1.54, 1.807) is 24.0 Å². The molecule has 0 radical (unpaired) electrons. The molecule has 2 rings (SSSR count). The molecule has 0 aliphatic carbocycles. The fraction of sp³-hybridized carbons (Fsp3) is 0.400. The number of hydrogen-bond donors (Lipinski definition) is 1. The molecular weight excluding hydrogens is 279 g/mol. The van der Waals surface area contributed by atoms with Crippen LogP contribution in [0.1, 0.15) is 24.5 Å². The Morgan fingerprint density at radius 3 is 2.62 bits per heavy atom. The normalized spacial score (nSPS) is 11.9. The van der Waals surface area contributed by atoms with E-state index >= 15 is 0 Å². The topological polar surface area (TPSA) is 29.9 Å². The van der Waals surface area contributed by atoms with Gasteiger partial charge in [0, 0.05) is 30.9 Å². The minimum atomic E-state index is -4.39. The third-order valence-electron chi connectivity index (χ3n) is 3.13. The summed E-state index contributed by atoms with van der Waals surface area (Å²) in [5, 5.41) is 7.41. The van der Waals surface area contributed by atoms with Crippen LogP contribution in [0.4, 0.5) is 13.2 Å². The first kappa shape index (κ1) is 15.6. The standard InChI is InChI=1S/C15H18F3N3/c1-3-8-19-9-11-10-21(2)20-14(11)12-6-4-5-7-13(12)15(16,17)18/h4-7,10,19H,3,8-9H2,1-2H3. The SMILES string of the molecule is CCCNCc1cn(C)nc1-c1ccccc1C(F)(F)F. The third kappa shape index (κ3) is 3.64. The smallest absolute Gasteiger partial charge is 0.313 e. The number of nitrogens with zero attached hydrogens (tertiary/aromatic N) is 2. The van der Waals surface area contributed by atoms with E-state index in [2.05, 4.69) is 10.4 Å². The number of aryl methyl sites for hydroxylation is 1. The van der Waals surface area contributed by atoms with Crippen molar-refractivity contribution in [2.24, 2.45) is 7.05 Å². The Labute approximate surface area is 121 Å². The van der Waals surface area contributed by atoms with Crippen LogP contribution in [0.15, 0.2) is 30.5 Å². The van der Waals surface area contributed by atoms with Gasteiger partial charge in [-0.1, -0.05) is 25.1 Å². The predicted molar refractivity (Wildman–Crippen MR) is 75.6 cm³/mol. The van der Waals surface area contributed by atoms with Crippen LogP contribution in [0.5, 0.6) is 0 Å². The highest BCUT2D eigenvalue weighted by Gasteiger charge is 2.34. The maximum atomic E-state index is 13.1. The van der Waals surface area contributed by atoms with Gasteiger partial charge in [-0.25, -0.2) is 0 Å². The van der Waals surface area contributed by atoms with E-state index < -0.39 is 11.7 Å². The molecule has 0 saturated heterocycles. The number of hydrogen-bond acceptors (Lipinski definition) is 2. The summed E-state index contributed by atoms with van der Waals surface area (Å²) in [5.41, 5.74) is 0.621. The summed E-state index contributed by atoms with van der Waals surface area (Å²) in [5.74, 6) is 0. The zero-order valence-corrected chi connectivity index (χ0v) is 12.0. The first-order valence-electron chi connectivity index (χ1n) is 6.83. The number of benzene rings is 1. The Balaban J connectivity index is 2.43. The molecule has 0 saturated carbocycles. The first-order valence-corrected chi connectivity index (χ1v) is 6.83. The maximum absolute atomic E-state index is 13.1. The Bertz CT molecular complexity index is 602. The van der Waals surface area contributed by atoms with Gasteiger partial charge in [0.25, 0.3) is 0 Å². The third-order valence-corrected chi connectivity index (χ3v) is 3.13. The van der Waals surface area contributed by atoms with Crippen LogP contribution >= 0.6 is 0 Å². The molecule has 0 unspecified atom stereocenters. The van der Waals surface area contributed by atoms with Gasteiger partial charge in [0.05, 0.1) is 11.3 Å². The van der Waals surface area contributed by atoms with Crippen molar-refractivity contribution in [1.29, 1.82) is 0 Å². The average molecular weight is 297 g/mol. The maximum Gasteiger partial charge on any atom is 0.417 e. The minimum absolute atomic E-state index is 0.124. The number of nitrogens with one attached hydrogen (secondary N) is 1. The van der Waals surface area contributed by atoms with Gasteiger partial charge in [0.15, 0.2) is 0 Å². The van der Waals surface area contributed by atoms with Crippen LogP contribution in [0.3, 0.4) is 0 Å². The molecule has 0 atom stereocenters. The van der Waals surface area contributed by atoms with Crippen LogP contribution in [0.2, 0.25) is 0 Å². The second kappa shape index (κ2) is 6.30. The van der Waals surface area contributed by atoms with Crippen molar-refractivity contribution < 1.29 is 13.2 Å². The molecular formula is C15H18F3N3. The van der Waals surface area contributed by atoms with Gasteiger partial charge >= 0.3 is 6.18 Å². The number of alkyl halides is 3. The Kier molecular flexibility index (Phi) is 4.67. The average Bonchev–Trinajstić information content (AvgIpc) is 2.79. The number of rotatable bonds is 5. The molecule has 2 aromatic rings. The van der Waals surface area contributed by atoms with Crippen molar-refractivity contribution in [3.63, 3.8) is 0 Å². The Hall–Kier alpha value is -1.82. The number of halogens is 3. The molecule has 1 aromatic carbocycles. The van der Waals surface area contributed by atoms with Crippen molar-refractivity contribution in [2.45, 2.75) is 26.1 Å². The lowest BCUT2D eigenvalue weighted by Crippen LogP contribution is -2.14. The predicted octanol–water partition coefficient (Wildman–Crippen LogP) is 3.61. The fourth-order valence-electron chi connectivity index (χ4n) is 2.23. The largest absolute Gasteiger partial charge is 0.417 e. The van der Waals surface area contributed by atoms with E-state index in [-0.39, 0.29) is 5.56 Å². The molecule has 3 nitrogen and oxygen atoms in total. The van der Waals surface area contributed by atoms with Crippen LogP contribution in [-0.4, -0.2) is 16.3 Å². The lowest BCUT2D eigenvalue weighted by atomic mass is 10.0. The van der Waals surface area contributed by atoms with Gasteiger partial charge in [-0.3, -0.25) is 4.68 Å². The van der Waals surface area contributed by atoms with E-state index in [0.717, 1.165) is 24.6 Å². The van der Waals surface area contributed by atoms with E-state index in [0.29, 0.717) is 12.2 Å². The quantitative estimate of drug-likeness (QED) is 0.855. The first-order chi connectivity index (χ1) is 9.93. The van der Waals surface area contributed by atoms with Crippen LogP contribution in [0.25, 0.3) is 11.3 Å². The molecule has 0 aliphatic rings. The van der Waals surface area contributed by atoms with Crippen LogP contribution in [-0.2, 0) is 19.8 Å². The number of aromatic nitrogens is 2. The molecule has 21 heavy (non-hydrogen) atoms. The zero-order chi connectivity index (χ0) is 15.5. The van der Waals surface area contributed by atoms with E-state index in [9.17, 15) is 13.2 Å². The molecule has 0 amide bonds.